The van der Waals surface area contributed by atoms with E-state index in [1.54, 1.807) is 0 Å². The van der Waals surface area contributed by atoms with Gasteiger partial charge in [-0.15, -0.1) is 0 Å². The number of likely N-dealkylation sites (N-methyl/N-ethyl adjacent to an activating group) is 1. The van der Waals surface area contributed by atoms with E-state index < -0.39 is 0 Å². The van der Waals surface area contributed by atoms with Crippen molar-refractivity contribution >= 4 is 11.6 Å². The van der Waals surface area contributed by atoms with E-state index in [9.17, 15) is 0 Å². The van der Waals surface area contributed by atoms with Crippen molar-refractivity contribution < 1.29 is 0 Å². The highest BCUT2D eigenvalue weighted by molar-refractivity contribution is 5.80. The molecular weight excluding hydrogens is 334 g/mol. The maximum Gasteiger partial charge on any atom is 0.191 e. The molecule has 150 valence electrons. The number of hydrogen-bond acceptors (Lipinski definition) is 3. The van der Waals surface area contributed by atoms with Crippen molar-refractivity contribution in [1.82, 2.24) is 15.5 Å². The van der Waals surface area contributed by atoms with E-state index >= 15 is 0 Å². The highest BCUT2D eigenvalue weighted by atomic mass is 15.2. The Kier molecular flexibility index (Phi) is 7.00. The first-order valence-corrected chi connectivity index (χ1v) is 10.6. The average Bonchev–Trinajstić information content (AvgIpc) is 3.33. The second kappa shape index (κ2) is 9.45. The van der Waals surface area contributed by atoms with Crippen LogP contribution < -0.4 is 15.5 Å². The largest absolute Gasteiger partial charge is 0.372 e. The number of aliphatic imine (C=N–C) groups is 1. The minimum absolute atomic E-state index is 0.226. The van der Waals surface area contributed by atoms with E-state index in [2.05, 4.69) is 72.6 Å². The predicted octanol–water partition coefficient (Wildman–Crippen LogP) is 3.24. The molecule has 27 heavy (non-hydrogen) atoms. The van der Waals surface area contributed by atoms with Crippen LogP contribution in [0.2, 0.25) is 0 Å². The normalized spacial score (nSPS) is 20.0. The fourth-order valence-corrected chi connectivity index (χ4v) is 3.97. The van der Waals surface area contributed by atoms with Crippen LogP contribution in [-0.2, 0) is 0 Å². The van der Waals surface area contributed by atoms with Gasteiger partial charge in [0.15, 0.2) is 5.96 Å². The quantitative estimate of drug-likeness (QED) is 0.544. The molecule has 2 unspecified atom stereocenters. The number of nitrogens with one attached hydrogen (secondary N) is 2. The SMILES string of the molecule is CCNC(=NCC(C1CC1)N(C)C)NC(C)c1cccc(N2CCCC2)c1. The Bertz CT molecular complexity index is 615. The van der Waals surface area contributed by atoms with Crippen molar-refractivity contribution in [2.45, 2.75) is 51.6 Å². The Hall–Kier alpha value is -1.75. The van der Waals surface area contributed by atoms with Gasteiger partial charge < -0.3 is 20.4 Å². The third-order valence-electron chi connectivity index (χ3n) is 5.80. The summed E-state index contributed by atoms with van der Waals surface area (Å²) in [6.45, 7) is 8.45. The first-order valence-electron chi connectivity index (χ1n) is 10.6. The molecule has 5 nitrogen and oxygen atoms in total. The molecule has 0 spiro atoms. The van der Waals surface area contributed by atoms with E-state index in [0.717, 1.165) is 25.0 Å². The number of rotatable bonds is 8. The van der Waals surface area contributed by atoms with Crippen LogP contribution >= 0.6 is 0 Å². The van der Waals surface area contributed by atoms with Gasteiger partial charge in [-0.3, -0.25) is 4.99 Å². The van der Waals surface area contributed by atoms with Crippen LogP contribution in [0.4, 0.5) is 5.69 Å². The van der Waals surface area contributed by atoms with E-state index in [0.29, 0.717) is 6.04 Å². The second-order valence-electron chi connectivity index (χ2n) is 8.24. The molecule has 1 saturated carbocycles. The van der Waals surface area contributed by atoms with Crippen molar-refractivity contribution in [2.24, 2.45) is 10.9 Å². The van der Waals surface area contributed by atoms with Gasteiger partial charge in [-0.05, 0) is 77.2 Å². The predicted molar refractivity (Wildman–Crippen MR) is 116 cm³/mol. The van der Waals surface area contributed by atoms with Crippen molar-refractivity contribution in [3.8, 4) is 0 Å². The number of guanidine groups is 1. The fraction of sp³-hybridized carbons (Fsp3) is 0.682. The van der Waals surface area contributed by atoms with Gasteiger partial charge in [0, 0.05) is 31.4 Å². The summed E-state index contributed by atoms with van der Waals surface area (Å²) >= 11 is 0. The first-order chi connectivity index (χ1) is 13.1. The molecule has 2 aliphatic rings. The average molecular weight is 372 g/mol. The van der Waals surface area contributed by atoms with Crippen LogP contribution in [-0.4, -0.2) is 57.2 Å². The lowest BCUT2D eigenvalue weighted by Crippen LogP contribution is -2.40. The lowest BCUT2D eigenvalue weighted by Gasteiger charge is -2.24. The minimum atomic E-state index is 0.226. The fourth-order valence-electron chi connectivity index (χ4n) is 3.97. The summed E-state index contributed by atoms with van der Waals surface area (Å²) in [5.74, 6) is 1.74. The summed E-state index contributed by atoms with van der Waals surface area (Å²) in [4.78, 5) is 9.72. The van der Waals surface area contributed by atoms with Crippen molar-refractivity contribution in [3.63, 3.8) is 0 Å². The molecule has 2 N–H and O–H groups in total. The van der Waals surface area contributed by atoms with E-state index in [1.165, 1.54) is 50.0 Å². The van der Waals surface area contributed by atoms with Gasteiger partial charge in [0.2, 0.25) is 0 Å². The molecule has 1 saturated heterocycles. The van der Waals surface area contributed by atoms with Crippen molar-refractivity contribution in [3.05, 3.63) is 29.8 Å². The van der Waals surface area contributed by atoms with Crippen LogP contribution in [0, 0.1) is 5.92 Å². The zero-order valence-corrected chi connectivity index (χ0v) is 17.5. The van der Waals surface area contributed by atoms with E-state index in [4.69, 9.17) is 4.99 Å². The topological polar surface area (TPSA) is 42.9 Å². The van der Waals surface area contributed by atoms with Gasteiger partial charge in [0.1, 0.15) is 0 Å². The third kappa shape index (κ3) is 5.61. The summed E-state index contributed by atoms with van der Waals surface area (Å²) in [6, 6.07) is 9.74. The molecule has 5 heteroatoms. The van der Waals surface area contributed by atoms with Gasteiger partial charge in [0.25, 0.3) is 0 Å². The zero-order chi connectivity index (χ0) is 19.2. The Morgan fingerprint density at radius 1 is 1.26 bits per heavy atom. The molecule has 1 aliphatic carbocycles. The standard InChI is InChI=1S/C22H37N5/c1-5-23-22(24-16-21(26(3)4)18-11-12-18)25-17(2)19-9-8-10-20(15-19)27-13-6-7-14-27/h8-10,15,17-18,21H,5-7,11-14,16H2,1-4H3,(H2,23,24,25). The third-order valence-corrected chi connectivity index (χ3v) is 5.80. The van der Waals surface area contributed by atoms with E-state index in [-0.39, 0.29) is 6.04 Å². The van der Waals surface area contributed by atoms with Crippen molar-refractivity contribution in [2.75, 3.05) is 45.2 Å². The molecule has 0 amide bonds. The van der Waals surface area contributed by atoms with Crippen LogP contribution in [0.1, 0.15) is 51.1 Å². The molecular formula is C22H37N5. The zero-order valence-electron chi connectivity index (χ0n) is 17.5. The maximum absolute atomic E-state index is 4.90. The van der Waals surface area contributed by atoms with E-state index in [1.807, 2.05) is 0 Å². The molecule has 2 fully saturated rings. The van der Waals surface area contributed by atoms with Crippen LogP contribution in [0.25, 0.3) is 0 Å². The molecule has 1 aromatic rings. The number of benzene rings is 1. The Balaban J connectivity index is 1.64. The minimum Gasteiger partial charge on any atom is -0.372 e. The lowest BCUT2D eigenvalue weighted by molar-refractivity contribution is 0.271. The van der Waals surface area contributed by atoms with Gasteiger partial charge in [0.05, 0.1) is 12.6 Å². The summed E-state index contributed by atoms with van der Waals surface area (Å²) in [5.41, 5.74) is 2.67. The van der Waals surface area contributed by atoms with Gasteiger partial charge in [-0.25, -0.2) is 0 Å². The summed E-state index contributed by atoms with van der Waals surface area (Å²) < 4.78 is 0. The summed E-state index contributed by atoms with van der Waals surface area (Å²) in [5, 5.41) is 7.02. The van der Waals surface area contributed by atoms with Crippen LogP contribution in [0.5, 0.6) is 0 Å². The summed E-state index contributed by atoms with van der Waals surface area (Å²) in [6.07, 6.45) is 5.32. The molecule has 3 rings (SSSR count). The molecule has 1 heterocycles. The monoisotopic (exact) mass is 371 g/mol. The highest BCUT2D eigenvalue weighted by Crippen LogP contribution is 2.34. The summed E-state index contributed by atoms with van der Waals surface area (Å²) in [7, 11) is 4.34. The Labute approximate surface area is 165 Å². The molecule has 1 aromatic carbocycles. The van der Waals surface area contributed by atoms with Crippen molar-refractivity contribution in [1.29, 1.82) is 0 Å². The highest BCUT2D eigenvalue weighted by Gasteiger charge is 2.32. The molecule has 0 aromatic heterocycles. The molecule has 0 bridgehead atoms. The molecule has 0 radical (unpaired) electrons. The smallest absolute Gasteiger partial charge is 0.191 e. The van der Waals surface area contributed by atoms with Gasteiger partial charge >= 0.3 is 0 Å². The van der Waals surface area contributed by atoms with Gasteiger partial charge in [-0.1, -0.05) is 12.1 Å². The Morgan fingerprint density at radius 3 is 2.63 bits per heavy atom. The van der Waals surface area contributed by atoms with Crippen LogP contribution in [0.15, 0.2) is 29.3 Å². The molecule has 1 aliphatic heterocycles. The van der Waals surface area contributed by atoms with Gasteiger partial charge in [-0.2, -0.15) is 0 Å². The second-order valence-corrected chi connectivity index (χ2v) is 8.24. The first kappa shape index (κ1) is 20.0. The number of hydrogen-bond donors (Lipinski definition) is 2. The lowest BCUT2D eigenvalue weighted by atomic mass is 10.1. The maximum atomic E-state index is 4.90. The number of anilines is 1. The number of nitrogens with zero attached hydrogens (tertiary/aromatic N) is 3. The molecule has 2 atom stereocenters. The Morgan fingerprint density at radius 2 is 2.00 bits per heavy atom. The van der Waals surface area contributed by atoms with Crippen LogP contribution in [0.3, 0.4) is 0 Å².